The van der Waals surface area contributed by atoms with Crippen LogP contribution in [-0.2, 0) is 0 Å². The molecule has 4 aromatic carbocycles. The van der Waals surface area contributed by atoms with E-state index in [0.29, 0.717) is 18.4 Å². The van der Waals surface area contributed by atoms with Crippen molar-refractivity contribution in [3.05, 3.63) is 101 Å². The molecule has 2 nitrogen and oxygen atoms in total. The van der Waals surface area contributed by atoms with Crippen LogP contribution in [0.1, 0.15) is 108 Å². The lowest BCUT2D eigenvalue weighted by atomic mass is 9.96. The summed E-state index contributed by atoms with van der Waals surface area (Å²) in [5, 5.41) is 2.43. The molecule has 0 aliphatic heterocycles. The van der Waals surface area contributed by atoms with E-state index in [1.165, 1.54) is 71.6 Å². The second-order valence-corrected chi connectivity index (χ2v) is 12.8. The van der Waals surface area contributed by atoms with E-state index < -0.39 is 0 Å². The first-order valence-electron chi connectivity index (χ1n) is 17.8. The van der Waals surface area contributed by atoms with Crippen LogP contribution in [0.4, 0.5) is 0 Å². The number of ether oxygens (including phenoxy) is 2. The van der Waals surface area contributed by atoms with Crippen LogP contribution >= 0.6 is 0 Å². The minimum atomic E-state index is 0.531. The molecule has 0 aromatic heterocycles. The second kappa shape index (κ2) is 18.4. The van der Waals surface area contributed by atoms with Crippen LogP contribution in [0.15, 0.2) is 78.9 Å². The zero-order chi connectivity index (χ0) is 32.7. The first-order chi connectivity index (χ1) is 22.5. The number of allylic oxidation sites excluding steroid dienone is 1. The summed E-state index contributed by atoms with van der Waals surface area (Å²) in [5.41, 5.74) is 7.09. The minimum absolute atomic E-state index is 0.531. The molecule has 4 aromatic rings. The molecule has 0 aliphatic carbocycles. The lowest BCUT2D eigenvalue weighted by Crippen LogP contribution is -2.15. The van der Waals surface area contributed by atoms with E-state index in [2.05, 4.69) is 132 Å². The van der Waals surface area contributed by atoms with Crippen molar-refractivity contribution < 1.29 is 9.47 Å². The topological polar surface area (TPSA) is 18.5 Å². The molecule has 0 heterocycles. The van der Waals surface area contributed by atoms with Gasteiger partial charge in [-0.15, -0.1) is 0 Å². The van der Waals surface area contributed by atoms with Crippen molar-refractivity contribution in [3.63, 3.8) is 0 Å². The first kappa shape index (κ1) is 35.1. The van der Waals surface area contributed by atoms with Gasteiger partial charge >= 0.3 is 0 Å². The van der Waals surface area contributed by atoms with E-state index in [0.717, 1.165) is 42.1 Å². The van der Waals surface area contributed by atoms with Crippen molar-refractivity contribution >= 4 is 29.0 Å². The van der Waals surface area contributed by atoms with Crippen LogP contribution in [0.2, 0.25) is 0 Å². The standard InChI is InChI=1S/C44H56O2/c1-7-12-17-34(10-4)31-45-43-33(6)40-19-14-15-20-41(40)42(44(43)46-32-35(11-5)18-13-8-2)30-25-37-23-28-39(29-24-37)38-26-21-36(16-9-3)22-27-38/h9,14-16,19-30,34-35H,7-8,10-13,17-18,31-32H2,1-6H3/b16-9+,30-25+. The van der Waals surface area contributed by atoms with Crippen LogP contribution in [0.5, 0.6) is 11.5 Å². The molecule has 0 saturated heterocycles. The van der Waals surface area contributed by atoms with Gasteiger partial charge in [0.1, 0.15) is 0 Å². The van der Waals surface area contributed by atoms with Crippen LogP contribution in [0, 0.1) is 18.8 Å². The summed E-state index contributed by atoms with van der Waals surface area (Å²) in [6, 6.07) is 26.3. The molecule has 2 atom stereocenters. The molecule has 4 rings (SSSR count). The maximum absolute atomic E-state index is 6.87. The van der Waals surface area contributed by atoms with Gasteiger partial charge < -0.3 is 9.47 Å². The Kier molecular flexibility index (Phi) is 14.0. The number of benzene rings is 4. The first-order valence-corrected chi connectivity index (χ1v) is 17.8. The van der Waals surface area contributed by atoms with E-state index in [1.807, 2.05) is 6.92 Å². The second-order valence-electron chi connectivity index (χ2n) is 12.8. The summed E-state index contributed by atoms with van der Waals surface area (Å²) in [6.45, 7) is 14.8. The Morgan fingerprint density at radius 3 is 1.59 bits per heavy atom. The van der Waals surface area contributed by atoms with Crippen molar-refractivity contribution in [2.75, 3.05) is 13.2 Å². The van der Waals surface area contributed by atoms with Crippen molar-refractivity contribution in [2.45, 2.75) is 92.9 Å². The minimum Gasteiger partial charge on any atom is -0.489 e. The van der Waals surface area contributed by atoms with E-state index >= 15 is 0 Å². The number of fused-ring (bicyclic) bond motifs is 1. The molecule has 0 amide bonds. The molecule has 2 heteroatoms. The van der Waals surface area contributed by atoms with Gasteiger partial charge in [0.25, 0.3) is 0 Å². The summed E-state index contributed by atoms with van der Waals surface area (Å²) in [7, 11) is 0. The van der Waals surface area contributed by atoms with Crippen LogP contribution in [-0.4, -0.2) is 13.2 Å². The van der Waals surface area contributed by atoms with Crippen molar-refractivity contribution in [1.82, 2.24) is 0 Å². The maximum atomic E-state index is 6.87. The Balaban J connectivity index is 1.72. The smallest absolute Gasteiger partial charge is 0.169 e. The Labute approximate surface area is 279 Å². The summed E-state index contributed by atoms with van der Waals surface area (Å²) < 4.78 is 13.7. The van der Waals surface area contributed by atoms with Gasteiger partial charge in [0.05, 0.1) is 13.2 Å². The SMILES string of the molecule is C/C=C/c1ccc(-c2ccc(/C=C/c3c(OCC(CC)CCCC)c(OCC(CC)CCCC)c(C)c4ccccc34)cc2)cc1. The highest BCUT2D eigenvalue weighted by atomic mass is 16.5. The normalized spacial score (nSPS) is 13.1. The van der Waals surface area contributed by atoms with E-state index in [9.17, 15) is 0 Å². The predicted molar refractivity (Wildman–Crippen MR) is 202 cm³/mol. The molecular weight excluding hydrogens is 560 g/mol. The van der Waals surface area contributed by atoms with E-state index in [4.69, 9.17) is 9.47 Å². The average Bonchev–Trinajstić information content (AvgIpc) is 3.09. The number of rotatable bonds is 18. The summed E-state index contributed by atoms with van der Waals surface area (Å²) in [6.07, 6.45) is 18.2. The number of aryl methyl sites for hydroxylation is 1. The van der Waals surface area contributed by atoms with Crippen LogP contribution < -0.4 is 9.47 Å². The number of unbranched alkanes of at least 4 members (excludes halogenated alkanes) is 2. The van der Waals surface area contributed by atoms with Crippen LogP contribution in [0.3, 0.4) is 0 Å². The Bertz CT molecular complexity index is 1540. The average molecular weight is 617 g/mol. The van der Waals surface area contributed by atoms with Gasteiger partial charge in [0, 0.05) is 11.1 Å². The van der Waals surface area contributed by atoms with Gasteiger partial charge in [0.2, 0.25) is 0 Å². The molecule has 2 unspecified atom stereocenters. The number of hydrogen-bond donors (Lipinski definition) is 0. The molecule has 0 saturated carbocycles. The van der Waals surface area contributed by atoms with Gasteiger partial charge in [-0.3, -0.25) is 0 Å². The van der Waals surface area contributed by atoms with Crippen molar-refractivity contribution in [1.29, 1.82) is 0 Å². The third-order valence-electron chi connectivity index (χ3n) is 9.38. The largest absolute Gasteiger partial charge is 0.489 e. The van der Waals surface area contributed by atoms with Gasteiger partial charge in [-0.2, -0.15) is 0 Å². The molecule has 0 N–H and O–H groups in total. The van der Waals surface area contributed by atoms with Gasteiger partial charge in [0.15, 0.2) is 11.5 Å². The molecule has 0 aliphatic rings. The van der Waals surface area contributed by atoms with Crippen molar-refractivity contribution in [2.24, 2.45) is 11.8 Å². The van der Waals surface area contributed by atoms with Crippen LogP contribution in [0.25, 0.3) is 40.1 Å². The van der Waals surface area contributed by atoms with Gasteiger partial charge in [-0.05, 0) is 77.6 Å². The summed E-state index contributed by atoms with van der Waals surface area (Å²) >= 11 is 0. The monoisotopic (exact) mass is 616 g/mol. The quantitative estimate of drug-likeness (QED) is 0.104. The highest BCUT2D eigenvalue weighted by Gasteiger charge is 2.21. The molecule has 46 heavy (non-hydrogen) atoms. The Morgan fingerprint density at radius 2 is 1.09 bits per heavy atom. The zero-order valence-electron chi connectivity index (χ0n) is 29.3. The predicted octanol–water partition coefficient (Wildman–Crippen LogP) is 13.2. The molecule has 244 valence electrons. The Hall–Kier alpha value is -3.78. The highest BCUT2D eigenvalue weighted by Crippen LogP contribution is 2.43. The summed E-state index contributed by atoms with van der Waals surface area (Å²) in [5.74, 6) is 2.88. The highest BCUT2D eigenvalue weighted by molar-refractivity contribution is 5.99. The molecule has 0 fully saturated rings. The lowest BCUT2D eigenvalue weighted by Gasteiger charge is -2.24. The Morgan fingerprint density at radius 1 is 0.587 bits per heavy atom. The van der Waals surface area contributed by atoms with Gasteiger partial charge in [-0.25, -0.2) is 0 Å². The molecule has 0 radical (unpaired) electrons. The van der Waals surface area contributed by atoms with E-state index in [-0.39, 0.29) is 0 Å². The lowest BCUT2D eigenvalue weighted by molar-refractivity contribution is 0.198. The summed E-state index contributed by atoms with van der Waals surface area (Å²) in [4.78, 5) is 0. The van der Waals surface area contributed by atoms with Crippen molar-refractivity contribution in [3.8, 4) is 22.6 Å². The fourth-order valence-electron chi connectivity index (χ4n) is 6.21. The molecule has 0 spiro atoms. The third kappa shape index (κ3) is 9.38. The maximum Gasteiger partial charge on any atom is 0.169 e. The fourth-order valence-corrected chi connectivity index (χ4v) is 6.21. The number of hydrogen-bond acceptors (Lipinski definition) is 2. The van der Waals surface area contributed by atoms with E-state index in [1.54, 1.807) is 0 Å². The zero-order valence-corrected chi connectivity index (χ0v) is 29.3. The molecular formula is C44H56O2. The fraction of sp³-hybridized carbons (Fsp3) is 0.409. The molecule has 0 bridgehead atoms. The van der Waals surface area contributed by atoms with Gasteiger partial charge in [-0.1, -0.05) is 157 Å². The third-order valence-corrected chi connectivity index (χ3v) is 9.38.